The summed E-state index contributed by atoms with van der Waals surface area (Å²) in [6, 6.07) is 10.4. The summed E-state index contributed by atoms with van der Waals surface area (Å²) in [5, 5.41) is 12.9. The van der Waals surface area contributed by atoms with Crippen LogP contribution in [0.25, 0.3) is 0 Å². The van der Waals surface area contributed by atoms with Crippen molar-refractivity contribution in [3.8, 4) is 0 Å². The maximum absolute atomic E-state index is 12.4. The van der Waals surface area contributed by atoms with Crippen molar-refractivity contribution >= 4 is 11.7 Å². The van der Waals surface area contributed by atoms with Crippen molar-refractivity contribution < 1.29 is 9.90 Å². The molecule has 1 unspecified atom stereocenters. The van der Waals surface area contributed by atoms with Crippen LogP contribution in [0.4, 0.5) is 10.5 Å². The zero-order valence-electron chi connectivity index (χ0n) is 14.2. The van der Waals surface area contributed by atoms with Crippen molar-refractivity contribution in [3.63, 3.8) is 0 Å². The minimum absolute atomic E-state index is 0.151. The van der Waals surface area contributed by atoms with E-state index in [2.05, 4.69) is 5.32 Å². The van der Waals surface area contributed by atoms with Gasteiger partial charge in [0, 0.05) is 19.8 Å². The van der Waals surface area contributed by atoms with E-state index in [1.165, 1.54) is 9.47 Å². The van der Waals surface area contributed by atoms with E-state index in [4.69, 9.17) is 0 Å². The van der Waals surface area contributed by atoms with Crippen LogP contribution < -0.4 is 10.9 Å². The molecule has 0 saturated heterocycles. The van der Waals surface area contributed by atoms with Crippen LogP contribution >= 0.6 is 0 Å². The number of likely N-dealkylation sites (N-methyl/N-ethyl adjacent to an activating group) is 1. The van der Waals surface area contributed by atoms with Crippen molar-refractivity contribution in [1.82, 2.24) is 9.47 Å². The number of aliphatic hydroxyl groups is 1. The molecule has 0 aliphatic heterocycles. The van der Waals surface area contributed by atoms with E-state index in [0.717, 1.165) is 11.1 Å². The molecule has 0 fully saturated rings. The molecular formula is C18H23N3O3. The summed E-state index contributed by atoms with van der Waals surface area (Å²) in [4.78, 5) is 25.8. The Bertz CT molecular complexity index is 753. The predicted octanol–water partition coefficient (Wildman–Crippen LogP) is 2.28. The van der Waals surface area contributed by atoms with Crippen molar-refractivity contribution in [2.45, 2.75) is 20.0 Å². The fraction of sp³-hybridized carbons (Fsp3) is 0.333. The lowest BCUT2D eigenvalue weighted by molar-refractivity contribution is 0.128. The number of amides is 2. The van der Waals surface area contributed by atoms with Crippen LogP contribution in [0.2, 0.25) is 0 Å². The number of hydrogen-bond acceptors (Lipinski definition) is 3. The highest BCUT2D eigenvalue weighted by Gasteiger charge is 2.18. The lowest BCUT2D eigenvalue weighted by Crippen LogP contribution is -2.39. The first-order chi connectivity index (χ1) is 11.4. The Labute approximate surface area is 141 Å². The van der Waals surface area contributed by atoms with E-state index in [1.54, 1.807) is 25.4 Å². The second-order valence-electron chi connectivity index (χ2n) is 5.73. The first kappa shape index (κ1) is 17.7. The molecule has 1 aromatic heterocycles. The number of aliphatic hydroxyl groups excluding tert-OH is 1. The molecule has 1 atom stereocenters. The van der Waals surface area contributed by atoms with Gasteiger partial charge in [0.25, 0.3) is 5.56 Å². The molecule has 1 heterocycles. The summed E-state index contributed by atoms with van der Waals surface area (Å²) >= 11 is 0. The van der Waals surface area contributed by atoms with Crippen LogP contribution in [-0.2, 0) is 7.05 Å². The fourth-order valence-corrected chi connectivity index (χ4v) is 2.35. The van der Waals surface area contributed by atoms with Crippen molar-refractivity contribution in [3.05, 3.63) is 64.1 Å². The van der Waals surface area contributed by atoms with Crippen molar-refractivity contribution in [2.75, 3.05) is 18.4 Å². The lowest BCUT2D eigenvalue weighted by atomic mass is 10.1. The van der Waals surface area contributed by atoms with Crippen LogP contribution in [0.5, 0.6) is 0 Å². The Hall–Kier alpha value is -2.60. The molecule has 2 N–H and O–H groups in total. The van der Waals surface area contributed by atoms with Gasteiger partial charge in [-0.2, -0.15) is 0 Å². The van der Waals surface area contributed by atoms with Gasteiger partial charge in [0.05, 0.1) is 12.6 Å². The summed E-state index contributed by atoms with van der Waals surface area (Å²) in [7, 11) is 1.62. The number of nitrogens with one attached hydrogen (secondary N) is 1. The van der Waals surface area contributed by atoms with Gasteiger partial charge in [-0.3, -0.25) is 4.79 Å². The van der Waals surface area contributed by atoms with Gasteiger partial charge in [-0.25, -0.2) is 4.79 Å². The molecule has 0 saturated carbocycles. The van der Waals surface area contributed by atoms with E-state index in [0.29, 0.717) is 6.54 Å². The van der Waals surface area contributed by atoms with Gasteiger partial charge >= 0.3 is 6.03 Å². The molecule has 0 radical (unpaired) electrons. The molecule has 2 aromatic rings. The SMILES string of the molecule is CCN(CC(O)c1ccc(C)cc1)C(=O)Nc1cccn(C)c1=O. The molecule has 2 amide bonds. The topological polar surface area (TPSA) is 74.6 Å². The van der Waals surface area contributed by atoms with Crippen LogP contribution in [-0.4, -0.2) is 33.7 Å². The van der Waals surface area contributed by atoms with Gasteiger partial charge in [-0.1, -0.05) is 29.8 Å². The Morgan fingerprint density at radius 1 is 1.29 bits per heavy atom. The van der Waals surface area contributed by atoms with Gasteiger partial charge in [0.2, 0.25) is 0 Å². The Morgan fingerprint density at radius 3 is 2.58 bits per heavy atom. The van der Waals surface area contributed by atoms with Crippen molar-refractivity contribution in [2.24, 2.45) is 7.05 Å². The number of carbonyl (C=O) groups excluding carboxylic acids is 1. The quantitative estimate of drug-likeness (QED) is 0.884. The maximum atomic E-state index is 12.4. The number of hydrogen-bond donors (Lipinski definition) is 2. The summed E-state index contributed by atoms with van der Waals surface area (Å²) < 4.78 is 1.40. The summed E-state index contributed by atoms with van der Waals surface area (Å²) in [6.45, 7) is 4.37. The standard InChI is InChI=1S/C18H23N3O3/c1-4-21(12-16(22)14-9-7-13(2)8-10-14)18(24)19-15-6-5-11-20(3)17(15)23/h5-11,16,22H,4,12H2,1-3H3,(H,19,24). The van der Waals surface area contributed by atoms with Gasteiger partial charge in [0.1, 0.15) is 5.69 Å². The normalized spacial score (nSPS) is 11.8. The first-order valence-electron chi connectivity index (χ1n) is 7.88. The molecule has 128 valence electrons. The summed E-state index contributed by atoms with van der Waals surface area (Å²) in [6.07, 6.45) is 0.839. The van der Waals surface area contributed by atoms with E-state index < -0.39 is 12.1 Å². The summed E-state index contributed by atoms with van der Waals surface area (Å²) in [5.41, 5.74) is 1.80. The highest BCUT2D eigenvalue weighted by atomic mass is 16.3. The number of benzene rings is 1. The average molecular weight is 329 g/mol. The number of anilines is 1. The number of aryl methyl sites for hydroxylation is 2. The maximum Gasteiger partial charge on any atom is 0.322 e. The van der Waals surface area contributed by atoms with E-state index in [-0.39, 0.29) is 17.8 Å². The molecule has 0 bridgehead atoms. The number of rotatable bonds is 5. The lowest BCUT2D eigenvalue weighted by Gasteiger charge is -2.24. The molecule has 6 heteroatoms. The van der Waals surface area contributed by atoms with Gasteiger partial charge < -0.3 is 19.9 Å². The fourth-order valence-electron chi connectivity index (χ4n) is 2.35. The number of nitrogens with zero attached hydrogens (tertiary/aromatic N) is 2. The minimum atomic E-state index is -0.782. The zero-order chi connectivity index (χ0) is 17.7. The molecule has 6 nitrogen and oxygen atoms in total. The third-order valence-electron chi connectivity index (χ3n) is 3.89. The molecule has 1 aromatic carbocycles. The zero-order valence-corrected chi connectivity index (χ0v) is 14.2. The number of carbonyl (C=O) groups is 1. The van der Waals surface area contributed by atoms with E-state index >= 15 is 0 Å². The Balaban J connectivity index is 2.07. The largest absolute Gasteiger partial charge is 0.387 e. The third-order valence-corrected chi connectivity index (χ3v) is 3.89. The third kappa shape index (κ3) is 4.23. The van der Waals surface area contributed by atoms with Gasteiger partial charge in [-0.15, -0.1) is 0 Å². The minimum Gasteiger partial charge on any atom is -0.387 e. The van der Waals surface area contributed by atoms with Crippen LogP contribution in [0.1, 0.15) is 24.2 Å². The number of pyridine rings is 1. The molecule has 0 spiro atoms. The second kappa shape index (κ2) is 7.79. The van der Waals surface area contributed by atoms with E-state index in [1.807, 2.05) is 38.1 Å². The highest BCUT2D eigenvalue weighted by Crippen LogP contribution is 2.15. The molecular weight excluding hydrogens is 306 g/mol. The molecule has 0 aliphatic carbocycles. The highest BCUT2D eigenvalue weighted by molar-refractivity contribution is 5.89. The van der Waals surface area contributed by atoms with Crippen LogP contribution in [0.3, 0.4) is 0 Å². The first-order valence-corrected chi connectivity index (χ1v) is 7.88. The second-order valence-corrected chi connectivity index (χ2v) is 5.73. The Kier molecular flexibility index (Phi) is 5.76. The number of aromatic nitrogens is 1. The molecule has 2 rings (SSSR count). The van der Waals surface area contributed by atoms with Crippen molar-refractivity contribution in [1.29, 1.82) is 0 Å². The van der Waals surface area contributed by atoms with Crippen LogP contribution in [0.15, 0.2) is 47.4 Å². The van der Waals surface area contributed by atoms with Crippen LogP contribution in [0, 0.1) is 6.92 Å². The average Bonchev–Trinajstić information content (AvgIpc) is 2.57. The molecule has 0 aliphatic rings. The molecule has 24 heavy (non-hydrogen) atoms. The smallest absolute Gasteiger partial charge is 0.322 e. The monoisotopic (exact) mass is 329 g/mol. The van der Waals surface area contributed by atoms with Gasteiger partial charge in [-0.05, 0) is 31.5 Å². The summed E-state index contributed by atoms with van der Waals surface area (Å²) in [5.74, 6) is 0. The predicted molar refractivity (Wildman–Crippen MR) is 94.1 cm³/mol. The van der Waals surface area contributed by atoms with Gasteiger partial charge in [0.15, 0.2) is 0 Å². The Morgan fingerprint density at radius 2 is 1.96 bits per heavy atom. The van der Waals surface area contributed by atoms with E-state index in [9.17, 15) is 14.7 Å². The number of urea groups is 1.